The minimum atomic E-state index is -1.28. The summed E-state index contributed by atoms with van der Waals surface area (Å²) < 4.78 is 40.2. The Morgan fingerprint density at radius 1 is 1.14 bits per heavy atom. The molecule has 2 aromatic rings. The molecular formula is C20H18F3N3O3. The number of hydrogen-bond donors (Lipinski definition) is 2. The first-order valence-electron chi connectivity index (χ1n) is 8.78. The zero-order valence-electron chi connectivity index (χ0n) is 15.4. The number of nitrogens with two attached hydrogens (primary N) is 1. The van der Waals surface area contributed by atoms with Gasteiger partial charge in [-0.1, -0.05) is 0 Å². The van der Waals surface area contributed by atoms with Gasteiger partial charge in [-0.15, -0.1) is 0 Å². The standard InChI is InChI=1S/C20H18F3N3O3/c1-10(25-18(28)6-11-4-13(22)7-14(23)5-11)20(29)19-15-8-12(21)2-3-16(15)26(24)9-17(19)27/h2-5,7-8,10,19H,6,9,24H2,1H3,(H,25,28)/t10-,19?/m0/s1. The number of carbonyl (C=O) groups is 3. The van der Waals surface area contributed by atoms with Crippen LogP contribution in [0.1, 0.15) is 24.0 Å². The molecular weight excluding hydrogens is 387 g/mol. The maximum absolute atomic E-state index is 13.7. The van der Waals surface area contributed by atoms with Gasteiger partial charge in [-0.2, -0.15) is 0 Å². The van der Waals surface area contributed by atoms with Gasteiger partial charge in [0, 0.05) is 6.07 Å². The third-order valence-electron chi connectivity index (χ3n) is 4.63. The van der Waals surface area contributed by atoms with Crippen LogP contribution in [0, 0.1) is 17.5 Å². The normalized spacial score (nSPS) is 16.9. The van der Waals surface area contributed by atoms with E-state index in [1.165, 1.54) is 19.1 Å². The lowest BCUT2D eigenvalue weighted by Crippen LogP contribution is -2.49. The maximum atomic E-state index is 13.7. The van der Waals surface area contributed by atoms with Gasteiger partial charge >= 0.3 is 0 Å². The number of benzene rings is 2. The molecule has 1 heterocycles. The van der Waals surface area contributed by atoms with Crippen molar-refractivity contribution in [2.45, 2.75) is 25.3 Å². The minimum Gasteiger partial charge on any atom is -0.346 e. The van der Waals surface area contributed by atoms with E-state index in [-0.39, 0.29) is 24.1 Å². The van der Waals surface area contributed by atoms with E-state index in [0.717, 1.165) is 23.2 Å². The molecule has 0 spiro atoms. The highest BCUT2D eigenvalue weighted by atomic mass is 19.1. The first kappa shape index (κ1) is 20.5. The second kappa shape index (κ2) is 8.04. The molecule has 1 amide bonds. The van der Waals surface area contributed by atoms with Crippen LogP contribution in [0.15, 0.2) is 36.4 Å². The number of nitrogens with one attached hydrogen (secondary N) is 1. The number of nitrogens with zero attached hydrogens (tertiary/aromatic N) is 1. The highest BCUT2D eigenvalue weighted by molar-refractivity contribution is 6.13. The zero-order valence-corrected chi connectivity index (χ0v) is 15.4. The molecule has 1 aliphatic heterocycles. The van der Waals surface area contributed by atoms with Crippen molar-refractivity contribution in [3.8, 4) is 0 Å². The number of carbonyl (C=O) groups excluding carboxylic acids is 3. The summed E-state index contributed by atoms with van der Waals surface area (Å²) >= 11 is 0. The van der Waals surface area contributed by atoms with Crippen LogP contribution in [-0.4, -0.2) is 30.1 Å². The van der Waals surface area contributed by atoms with E-state index in [2.05, 4.69) is 5.32 Å². The fourth-order valence-corrected chi connectivity index (χ4v) is 3.36. The largest absolute Gasteiger partial charge is 0.346 e. The van der Waals surface area contributed by atoms with Crippen molar-refractivity contribution in [3.63, 3.8) is 0 Å². The van der Waals surface area contributed by atoms with Crippen LogP contribution < -0.4 is 16.2 Å². The molecule has 0 bridgehead atoms. The molecule has 0 aromatic heterocycles. The third-order valence-corrected chi connectivity index (χ3v) is 4.63. The number of ketones is 2. The maximum Gasteiger partial charge on any atom is 0.224 e. The molecule has 2 atom stereocenters. The quantitative estimate of drug-likeness (QED) is 0.584. The number of halogens is 3. The fraction of sp³-hybridized carbons (Fsp3) is 0.250. The molecule has 0 aliphatic carbocycles. The Labute approximate surface area is 164 Å². The number of amides is 1. The Morgan fingerprint density at radius 3 is 2.45 bits per heavy atom. The molecule has 9 heteroatoms. The van der Waals surface area contributed by atoms with Gasteiger partial charge in [0.15, 0.2) is 11.6 Å². The Kier molecular flexibility index (Phi) is 5.69. The second-order valence-corrected chi connectivity index (χ2v) is 6.88. The van der Waals surface area contributed by atoms with Crippen LogP contribution >= 0.6 is 0 Å². The van der Waals surface area contributed by atoms with Crippen molar-refractivity contribution >= 4 is 23.2 Å². The van der Waals surface area contributed by atoms with Gasteiger partial charge in [-0.05, 0) is 48.4 Å². The van der Waals surface area contributed by atoms with Crippen LogP contribution in [0.4, 0.5) is 18.9 Å². The molecule has 0 fully saturated rings. The molecule has 0 radical (unpaired) electrons. The monoisotopic (exact) mass is 405 g/mol. The SMILES string of the molecule is C[C@H](NC(=O)Cc1cc(F)cc(F)c1)C(=O)C1C(=O)CN(N)c2ccc(F)cc21. The number of hydrogen-bond acceptors (Lipinski definition) is 5. The Bertz CT molecular complexity index is 976. The van der Waals surface area contributed by atoms with E-state index in [1.807, 2.05) is 0 Å². The smallest absolute Gasteiger partial charge is 0.224 e. The first-order valence-corrected chi connectivity index (χ1v) is 8.78. The van der Waals surface area contributed by atoms with Crippen molar-refractivity contribution in [1.29, 1.82) is 0 Å². The number of rotatable bonds is 5. The van der Waals surface area contributed by atoms with E-state index in [9.17, 15) is 27.6 Å². The van der Waals surface area contributed by atoms with E-state index >= 15 is 0 Å². The lowest BCUT2D eigenvalue weighted by Gasteiger charge is -2.32. The van der Waals surface area contributed by atoms with Crippen molar-refractivity contribution in [3.05, 3.63) is 65.0 Å². The topological polar surface area (TPSA) is 92.5 Å². The minimum absolute atomic E-state index is 0.0968. The molecule has 6 nitrogen and oxygen atoms in total. The van der Waals surface area contributed by atoms with Gasteiger partial charge < -0.3 is 10.3 Å². The summed E-state index contributed by atoms with van der Waals surface area (Å²) in [7, 11) is 0. The molecule has 152 valence electrons. The summed E-state index contributed by atoms with van der Waals surface area (Å²) in [6.07, 6.45) is -0.354. The molecule has 2 aromatic carbocycles. The van der Waals surface area contributed by atoms with E-state index < -0.39 is 46.9 Å². The average Bonchev–Trinajstić information content (AvgIpc) is 2.60. The van der Waals surface area contributed by atoms with E-state index in [4.69, 9.17) is 5.84 Å². The van der Waals surface area contributed by atoms with Crippen LogP contribution in [0.5, 0.6) is 0 Å². The van der Waals surface area contributed by atoms with Gasteiger partial charge in [0.05, 0.1) is 24.7 Å². The lowest BCUT2D eigenvalue weighted by atomic mass is 9.83. The van der Waals surface area contributed by atoms with Gasteiger partial charge in [-0.25, -0.2) is 19.0 Å². The first-order chi connectivity index (χ1) is 13.7. The zero-order chi connectivity index (χ0) is 21.3. The van der Waals surface area contributed by atoms with Gasteiger partial charge in [0.1, 0.15) is 23.4 Å². The number of anilines is 1. The Balaban J connectivity index is 1.76. The summed E-state index contributed by atoms with van der Waals surface area (Å²) in [4.78, 5) is 37.4. The Morgan fingerprint density at radius 2 is 1.79 bits per heavy atom. The predicted octanol–water partition coefficient (Wildman–Crippen LogP) is 1.77. The molecule has 3 rings (SSSR count). The van der Waals surface area contributed by atoms with Crippen LogP contribution in [0.3, 0.4) is 0 Å². The van der Waals surface area contributed by atoms with Gasteiger partial charge in [-0.3, -0.25) is 14.4 Å². The predicted molar refractivity (Wildman–Crippen MR) is 98.4 cm³/mol. The molecule has 0 saturated heterocycles. The summed E-state index contributed by atoms with van der Waals surface area (Å²) in [6.45, 7) is 1.14. The van der Waals surface area contributed by atoms with Crippen molar-refractivity contribution in [2.75, 3.05) is 11.6 Å². The number of fused-ring (bicyclic) bond motifs is 1. The summed E-state index contributed by atoms with van der Waals surface area (Å²) in [5, 5.41) is 3.54. The van der Waals surface area contributed by atoms with Gasteiger partial charge in [0.25, 0.3) is 0 Å². The summed E-state index contributed by atoms with van der Waals surface area (Å²) in [5.74, 6) is 0.401. The van der Waals surface area contributed by atoms with Crippen molar-refractivity contribution < 1.29 is 27.6 Å². The highest BCUT2D eigenvalue weighted by Crippen LogP contribution is 2.33. The molecule has 29 heavy (non-hydrogen) atoms. The van der Waals surface area contributed by atoms with Crippen molar-refractivity contribution in [1.82, 2.24) is 5.32 Å². The van der Waals surface area contributed by atoms with Crippen LogP contribution in [0.25, 0.3) is 0 Å². The van der Waals surface area contributed by atoms with Crippen LogP contribution in [-0.2, 0) is 20.8 Å². The molecule has 0 saturated carbocycles. The summed E-state index contributed by atoms with van der Waals surface area (Å²) in [6, 6.07) is 5.22. The Hall–Kier alpha value is -3.20. The molecule has 1 unspecified atom stereocenters. The van der Waals surface area contributed by atoms with Crippen LogP contribution in [0.2, 0.25) is 0 Å². The lowest BCUT2D eigenvalue weighted by molar-refractivity contribution is -0.132. The summed E-state index contributed by atoms with van der Waals surface area (Å²) in [5.41, 5.74) is 0.569. The molecule has 1 aliphatic rings. The average molecular weight is 405 g/mol. The number of Topliss-reactive ketones (excluding diaryl/α,β-unsaturated/α-hetero) is 2. The highest BCUT2D eigenvalue weighted by Gasteiger charge is 2.38. The number of hydrazine groups is 1. The fourth-order valence-electron chi connectivity index (χ4n) is 3.36. The molecule has 3 N–H and O–H groups in total. The van der Waals surface area contributed by atoms with E-state index in [0.29, 0.717) is 11.8 Å². The second-order valence-electron chi connectivity index (χ2n) is 6.88. The van der Waals surface area contributed by atoms with Crippen molar-refractivity contribution in [2.24, 2.45) is 5.84 Å². The van der Waals surface area contributed by atoms with E-state index in [1.54, 1.807) is 0 Å². The third kappa shape index (κ3) is 4.45. The van der Waals surface area contributed by atoms with Gasteiger partial charge in [0.2, 0.25) is 5.91 Å².